The highest BCUT2D eigenvalue weighted by molar-refractivity contribution is 6.35. The molecule has 0 aliphatic carbocycles. The predicted octanol–water partition coefficient (Wildman–Crippen LogP) is 5.64. The van der Waals surface area contributed by atoms with Crippen LogP contribution in [0.5, 0.6) is 0 Å². The molecule has 0 spiro atoms. The molecule has 0 saturated carbocycles. The largest absolute Gasteiger partial charge is 0.416 e. The first-order valence-electron chi connectivity index (χ1n) is 14.5. The molecule has 9 nitrogen and oxygen atoms in total. The van der Waals surface area contributed by atoms with E-state index in [0.29, 0.717) is 66.7 Å². The molecular formula is C33H31F3N6O3. The summed E-state index contributed by atoms with van der Waals surface area (Å²) in [7, 11) is 0. The molecule has 6 rings (SSSR count). The number of benzene rings is 3. The monoisotopic (exact) mass is 616 g/mol. The number of hydrogen-bond acceptors (Lipinski definition) is 6. The van der Waals surface area contributed by atoms with Crippen molar-refractivity contribution in [2.75, 3.05) is 60.2 Å². The lowest BCUT2D eigenvalue weighted by Crippen LogP contribution is -2.47. The average Bonchev–Trinajstić information content (AvgIpc) is 3.64. The number of aromatic nitrogens is 1. The van der Waals surface area contributed by atoms with Crippen LogP contribution < -0.4 is 20.9 Å². The van der Waals surface area contributed by atoms with Crippen molar-refractivity contribution in [2.45, 2.75) is 6.18 Å². The summed E-state index contributed by atoms with van der Waals surface area (Å²) in [5.41, 5.74) is 3.83. The summed E-state index contributed by atoms with van der Waals surface area (Å²) < 4.78 is 41.4. The van der Waals surface area contributed by atoms with E-state index in [-0.39, 0.29) is 18.1 Å². The minimum Gasteiger partial charge on any atom is -0.395 e. The predicted molar refractivity (Wildman–Crippen MR) is 169 cm³/mol. The fraction of sp³-hybridized carbons (Fsp3) is 0.212. The lowest BCUT2D eigenvalue weighted by atomic mass is 10.1. The number of amides is 2. The third-order valence-corrected chi connectivity index (χ3v) is 7.79. The highest BCUT2D eigenvalue weighted by Gasteiger charge is 2.33. The van der Waals surface area contributed by atoms with Crippen LogP contribution in [-0.4, -0.2) is 66.1 Å². The molecule has 3 aromatic carbocycles. The minimum absolute atomic E-state index is 0.0175. The van der Waals surface area contributed by atoms with E-state index >= 15 is 0 Å². The molecule has 0 unspecified atom stereocenters. The molecule has 2 amide bonds. The zero-order valence-electron chi connectivity index (χ0n) is 24.1. The van der Waals surface area contributed by atoms with E-state index in [0.717, 1.165) is 23.4 Å². The van der Waals surface area contributed by atoms with Gasteiger partial charge in [-0.05, 0) is 66.7 Å². The number of nitrogens with one attached hydrogen (secondary N) is 4. The van der Waals surface area contributed by atoms with E-state index in [4.69, 9.17) is 0 Å². The van der Waals surface area contributed by atoms with Crippen molar-refractivity contribution >= 4 is 51.9 Å². The van der Waals surface area contributed by atoms with Crippen LogP contribution >= 0.6 is 0 Å². The summed E-state index contributed by atoms with van der Waals surface area (Å²) in [5, 5.41) is 18.0. The van der Waals surface area contributed by atoms with E-state index in [2.05, 4.69) is 20.9 Å². The number of rotatable bonds is 8. The summed E-state index contributed by atoms with van der Waals surface area (Å²) in [6.07, 6.45) is -1.06. The molecule has 5 N–H and O–H groups in total. The normalized spacial score (nSPS) is 16.0. The highest BCUT2D eigenvalue weighted by Crippen LogP contribution is 2.36. The standard InChI is InChI=1S/C33H31F3N6O3/c34-33(35,36)22-15-21(16-27(17-22)42-11-9-41(10-12-42)13-14-43)31(44)39-25-4-1-3-24(18-25)38-26-6-7-28-29(19-23-5-2-8-37-23)32(45)40-30(28)20-26/h1-8,15-20,37-38,43H,9-14H2,(H,39,44)(H,40,45)/b29-19-. The SMILES string of the molecule is O=C1Nc2cc(Nc3cccc(NC(=O)c4cc(N5CCN(CCO)CC5)cc(C(F)(F)F)c4)c3)ccc2/C1=C/c1ccc[nH]1. The maximum atomic E-state index is 13.8. The van der Waals surface area contributed by atoms with Crippen molar-refractivity contribution in [1.82, 2.24) is 9.88 Å². The van der Waals surface area contributed by atoms with Crippen LogP contribution in [0.3, 0.4) is 0 Å². The molecule has 12 heteroatoms. The molecule has 2 aliphatic heterocycles. The summed E-state index contributed by atoms with van der Waals surface area (Å²) in [5.74, 6) is -0.872. The molecule has 2 aliphatic rings. The first-order chi connectivity index (χ1) is 21.7. The summed E-state index contributed by atoms with van der Waals surface area (Å²) in [6.45, 7) is 2.68. The number of aliphatic hydroxyl groups excluding tert-OH is 1. The molecule has 4 aromatic rings. The Morgan fingerprint density at radius 1 is 0.933 bits per heavy atom. The van der Waals surface area contributed by atoms with Crippen molar-refractivity contribution in [3.63, 3.8) is 0 Å². The lowest BCUT2D eigenvalue weighted by Gasteiger charge is -2.36. The number of aliphatic hydroxyl groups is 1. The number of H-pyrrole nitrogens is 1. The van der Waals surface area contributed by atoms with Crippen LogP contribution in [0.15, 0.2) is 79.0 Å². The van der Waals surface area contributed by atoms with Gasteiger partial charge in [-0.15, -0.1) is 0 Å². The van der Waals surface area contributed by atoms with Crippen molar-refractivity contribution < 1.29 is 27.9 Å². The Morgan fingerprint density at radius 2 is 1.71 bits per heavy atom. The molecule has 0 bridgehead atoms. The Morgan fingerprint density at radius 3 is 2.44 bits per heavy atom. The Kier molecular flexibility index (Phi) is 8.33. The third kappa shape index (κ3) is 6.87. The quantitative estimate of drug-likeness (QED) is 0.164. The molecular weight excluding hydrogens is 585 g/mol. The first kappa shape index (κ1) is 30.0. The van der Waals surface area contributed by atoms with Gasteiger partial charge >= 0.3 is 6.18 Å². The number of hydrogen-bond donors (Lipinski definition) is 5. The number of fused-ring (bicyclic) bond motifs is 1. The molecule has 1 saturated heterocycles. The van der Waals surface area contributed by atoms with E-state index in [1.165, 1.54) is 6.07 Å². The Bertz CT molecular complexity index is 1740. The highest BCUT2D eigenvalue weighted by atomic mass is 19.4. The van der Waals surface area contributed by atoms with Gasteiger partial charge in [0.2, 0.25) is 0 Å². The van der Waals surface area contributed by atoms with Gasteiger partial charge in [0.15, 0.2) is 0 Å². The molecule has 1 fully saturated rings. The van der Waals surface area contributed by atoms with Gasteiger partial charge in [0.25, 0.3) is 11.8 Å². The van der Waals surface area contributed by atoms with Gasteiger partial charge in [0.05, 0.1) is 23.4 Å². The molecule has 232 valence electrons. The maximum absolute atomic E-state index is 13.8. The van der Waals surface area contributed by atoms with E-state index < -0.39 is 17.6 Å². The van der Waals surface area contributed by atoms with Gasteiger partial charge in [0.1, 0.15) is 0 Å². The average molecular weight is 617 g/mol. The summed E-state index contributed by atoms with van der Waals surface area (Å²) in [4.78, 5) is 32.7. The second kappa shape index (κ2) is 12.5. The smallest absolute Gasteiger partial charge is 0.395 e. The van der Waals surface area contributed by atoms with Crippen molar-refractivity contribution in [1.29, 1.82) is 0 Å². The van der Waals surface area contributed by atoms with Crippen LogP contribution in [0.25, 0.3) is 11.6 Å². The minimum atomic E-state index is -4.62. The maximum Gasteiger partial charge on any atom is 0.416 e. The van der Waals surface area contributed by atoms with Gasteiger partial charge in [-0.3, -0.25) is 14.5 Å². The topological polar surface area (TPSA) is 113 Å². The van der Waals surface area contributed by atoms with Crippen molar-refractivity contribution in [3.8, 4) is 0 Å². The number of piperazine rings is 1. The van der Waals surface area contributed by atoms with E-state index in [1.807, 2.05) is 40.1 Å². The Labute approximate surface area is 257 Å². The molecule has 1 aromatic heterocycles. The van der Waals surface area contributed by atoms with Crippen molar-refractivity contribution in [3.05, 3.63) is 101 Å². The lowest BCUT2D eigenvalue weighted by molar-refractivity contribution is -0.137. The number of alkyl halides is 3. The van der Waals surface area contributed by atoms with Gasteiger partial charge in [-0.2, -0.15) is 13.2 Å². The first-order valence-corrected chi connectivity index (χ1v) is 14.5. The summed E-state index contributed by atoms with van der Waals surface area (Å²) >= 11 is 0. The van der Waals surface area contributed by atoms with E-state index in [1.54, 1.807) is 36.5 Å². The van der Waals surface area contributed by atoms with Crippen LogP contribution in [0.1, 0.15) is 27.2 Å². The van der Waals surface area contributed by atoms with Crippen LogP contribution in [0, 0.1) is 0 Å². The fourth-order valence-electron chi connectivity index (χ4n) is 5.51. The van der Waals surface area contributed by atoms with Crippen LogP contribution in [0.4, 0.5) is 41.6 Å². The Balaban J connectivity index is 1.17. The number of aromatic amines is 1. The molecule has 0 radical (unpaired) electrons. The second-order valence-electron chi connectivity index (χ2n) is 10.9. The number of anilines is 5. The van der Waals surface area contributed by atoms with Gasteiger partial charge in [-0.1, -0.05) is 12.1 Å². The van der Waals surface area contributed by atoms with E-state index in [9.17, 15) is 27.9 Å². The molecule has 0 atom stereocenters. The van der Waals surface area contributed by atoms with Crippen molar-refractivity contribution in [2.24, 2.45) is 0 Å². The van der Waals surface area contributed by atoms with Gasteiger partial charge < -0.3 is 30.9 Å². The van der Waals surface area contributed by atoms with Crippen LogP contribution in [0.2, 0.25) is 0 Å². The van der Waals surface area contributed by atoms with Gasteiger partial charge in [0, 0.05) is 78.5 Å². The second-order valence-corrected chi connectivity index (χ2v) is 10.9. The number of carbonyl (C=O) groups excluding carboxylic acids is 2. The third-order valence-electron chi connectivity index (χ3n) is 7.79. The zero-order chi connectivity index (χ0) is 31.6. The number of nitrogens with zero attached hydrogens (tertiary/aromatic N) is 2. The number of halogens is 3. The number of carbonyl (C=O) groups is 2. The molecule has 3 heterocycles. The number of β-amino-alcohol motifs (C(OH)–C–C–N with tert-alkyl or cyclic N) is 1. The fourth-order valence-corrected chi connectivity index (χ4v) is 5.51. The zero-order valence-corrected chi connectivity index (χ0v) is 24.1. The molecule has 45 heavy (non-hydrogen) atoms. The Hall–Kier alpha value is -5.07. The van der Waals surface area contributed by atoms with Crippen LogP contribution in [-0.2, 0) is 11.0 Å². The summed E-state index contributed by atoms with van der Waals surface area (Å²) in [6, 6.07) is 19.4. The van der Waals surface area contributed by atoms with Gasteiger partial charge in [-0.25, -0.2) is 0 Å².